The number of thioether (sulfide) groups is 2. The van der Waals surface area contributed by atoms with Crippen LogP contribution in [0.1, 0.15) is 42.9 Å². The number of hydrogen-bond donors (Lipinski definition) is 2. The van der Waals surface area contributed by atoms with Gasteiger partial charge in [0, 0.05) is 28.9 Å². The fourth-order valence-corrected chi connectivity index (χ4v) is 7.50. The Bertz CT molecular complexity index is 1190. The van der Waals surface area contributed by atoms with Gasteiger partial charge >= 0.3 is 0 Å². The van der Waals surface area contributed by atoms with Crippen LogP contribution in [-0.4, -0.2) is 27.5 Å². The molecule has 0 saturated carbocycles. The van der Waals surface area contributed by atoms with Crippen molar-refractivity contribution in [2.24, 2.45) is 17.1 Å². The van der Waals surface area contributed by atoms with E-state index in [1.807, 2.05) is 60.7 Å². The van der Waals surface area contributed by atoms with Crippen molar-refractivity contribution in [3.05, 3.63) is 102 Å². The number of aliphatic hydroxyl groups excluding tert-OH is 1. The summed E-state index contributed by atoms with van der Waals surface area (Å²) in [6, 6.07) is 27.9. The van der Waals surface area contributed by atoms with Gasteiger partial charge in [-0.05, 0) is 29.7 Å². The van der Waals surface area contributed by atoms with Crippen LogP contribution in [0.25, 0.3) is 11.1 Å². The minimum absolute atomic E-state index is 0.242. The Morgan fingerprint density at radius 1 is 0.919 bits per heavy atom. The van der Waals surface area contributed by atoms with Gasteiger partial charge in [-0.1, -0.05) is 86.1 Å². The number of hydrogen-bond acceptors (Lipinski definition) is 6. The molecule has 3 aromatic carbocycles. The lowest BCUT2D eigenvalue weighted by Crippen LogP contribution is -2.49. The van der Waals surface area contributed by atoms with Crippen molar-refractivity contribution in [2.45, 2.75) is 37.4 Å². The van der Waals surface area contributed by atoms with Gasteiger partial charge in [-0.3, -0.25) is 4.79 Å². The highest BCUT2D eigenvalue weighted by Gasteiger charge is 2.48. The minimum Gasteiger partial charge on any atom is -0.438 e. The Kier molecular flexibility index (Phi) is 9.72. The summed E-state index contributed by atoms with van der Waals surface area (Å²) in [6.07, 6.45) is 0.374. The quantitative estimate of drug-likeness (QED) is 0.189. The molecule has 1 aromatic heterocycles. The average Bonchev–Trinajstić information content (AvgIpc) is 3.36. The van der Waals surface area contributed by atoms with Crippen LogP contribution < -0.4 is 5.73 Å². The molecule has 1 heterocycles. The van der Waals surface area contributed by atoms with Crippen LogP contribution in [-0.2, 0) is 16.3 Å². The molecule has 7 heteroatoms. The first kappa shape index (κ1) is 27.3. The molecule has 0 aliphatic heterocycles. The highest BCUT2D eigenvalue weighted by Crippen LogP contribution is 2.45. The van der Waals surface area contributed by atoms with Gasteiger partial charge in [-0.25, -0.2) is 4.98 Å². The number of fused-ring (bicyclic) bond motifs is 1. The fraction of sp³-hybridized carbons (Fsp3) is 0.333. The molecule has 0 spiro atoms. The van der Waals surface area contributed by atoms with E-state index in [0.29, 0.717) is 29.0 Å². The third-order valence-corrected chi connectivity index (χ3v) is 9.20. The van der Waals surface area contributed by atoms with Gasteiger partial charge in [0.2, 0.25) is 11.8 Å². The maximum atomic E-state index is 13.4. The summed E-state index contributed by atoms with van der Waals surface area (Å²) < 4.78 is 5.95. The van der Waals surface area contributed by atoms with Crippen molar-refractivity contribution in [2.75, 3.05) is 11.5 Å². The molecular formula is C30H34N2O3S2. The smallest absolute Gasteiger partial charge is 0.225 e. The zero-order chi connectivity index (χ0) is 26.1. The van der Waals surface area contributed by atoms with E-state index >= 15 is 0 Å². The van der Waals surface area contributed by atoms with E-state index < -0.39 is 17.4 Å². The molecule has 0 radical (unpaired) electrons. The normalized spacial score (nSPS) is 13.5. The summed E-state index contributed by atoms with van der Waals surface area (Å²) in [5, 5.41) is 11.6. The Morgan fingerprint density at radius 3 is 1.97 bits per heavy atom. The van der Waals surface area contributed by atoms with Crippen LogP contribution in [0.5, 0.6) is 0 Å². The summed E-state index contributed by atoms with van der Waals surface area (Å²) >= 11 is 3.37. The molecule has 4 aromatic rings. The van der Waals surface area contributed by atoms with Crippen LogP contribution in [0.3, 0.4) is 0 Å². The highest BCUT2D eigenvalue weighted by molar-refractivity contribution is 7.99. The zero-order valence-electron chi connectivity index (χ0n) is 21.1. The number of nitrogens with two attached hydrogens (primary N) is 1. The van der Waals surface area contributed by atoms with E-state index in [9.17, 15) is 9.90 Å². The molecule has 4 rings (SSSR count). The largest absolute Gasteiger partial charge is 0.438 e. The predicted octanol–water partition coefficient (Wildman–Crippen LogP) is 6.62. The molecule has 5 nitrogen and oxygen atoms in total. The zero-order valence-corrected chi connectivity index (χ0v) is 22.7. The second kappa shape index (κ2) is 13.2. The molecule has 0 saturated heterocycles. The molecule has 0 bridgehead atoms. The fourth-order valence-electron chi connectivity index (χ4n) is 4.67. The van der Waals surface area contributed by atoms with E-state index in [0.717, 1.165) is 17.9 Å². The number of para-hydroxylation sites is 2. The number of carbonyl (C=O) groups is 1. The Balaban J connectivity index is 1.63. The van der Waals surface area contributed by atoms with Gasteiger partial charge in [0.05, 0.1) is 5.41 Å². The summed E-state index contributed by atoms with van der Waals surface area (Å²) in [5.74, 6) is 1.94. The third kappa shape index (κ3) is 6.78. The summed E-state index contributed by atoms with van der Waals surface area (Å²) in [6.45, 7) is 2.06. The van der Waals surface area contributed by atoms with E-state index in [-0.39, 0.29) is 11.8 Å². The molecule has 0 fully saturated rings. The van der Waals surface area contributed by atoms with Crippen molar-refractivity contribution >= 4 is 40.5 Å². The number of amides is 1. The topological polar surface area (TPSA) is 89.3 Å². The number of carbonyl (C=O) groups excluding carboxylic acids is 1. The number of rotatable bonds is 14. The van der Waals surface area contributed by atoms with Crippen molar-refractivity contribution in [1.29, 1.82) is 0 Å². The van der Waals surface area contributed by atoms with Crippen LogP contribution in [0, 0.1) is 11.3 Å². The predicted molar refractivity (Wildman–Crippen MR) is 154 cm³/mol. The van der Waals surface area contributed by atoms with Crippen molar-refractivity contribution in [3.8, 4) is 0 Å². The first-order chi connectivity index (χ1) is 18.0. The number of benzene rings is 3. The van der Waals surface area contributed by atoms with Crippen LogP contribution in [0.2, 0.25) is 0 Å². The van der Waals surface area contributed by atoms with Crippen LogP contribution >= 0.6 is 23.5 Å². The molecular weight excluding hydrogens is 500 g/mol. The molecule has 3 N–H and O–H groups in total. The molecule has 1 amide bonds. The number of primary amides is 1. The molecule has 2 atom stereocenters. The third-order valence-electron chi connectivity index (χ3n) is 6.69. The maximum absolute atomic E-state index is 13.4. The van der Waals surface area contributed by atoms with Gasteiger partial charge in [0.1, 0.15) is 11.6 Å². The standard InChI is InChI=1S/C30H34N2O3S2/c1-2-11-24(27(33)28-32-25-16-9-10-17-26(25)35-28)30(29(31)34,20-36-18-22-12-5-3-6-13-22)21-37-19-23-14-7-4-8-15-23/h3-10,12-17,24,27,33H,2,11,18-21H2,1H3,(H2,31,34)/t24-,27?/m1/s1. The molecule has 1 unspecified atom stereocenters. The van der Waals surface area contributed by atoms with Gasteiger partial charge in [-0.15, -0.1) is 0 Å². The summed E-state index contributed by atoms with van der Waals surface area (Å²) in [7, 11) is 0. The summed E-state index contributed by atoms with van der Waals surface area (Å²) in [5.41, 5.74) is 8.96. The van der Waals surface area contributed by atoms with Gasteiger partial charge in [-0.2, -0.15) is 23.5 Å². The number of aliphatic hydroxyl groups is 1. The van der Waals surface area contributed by atoms with Gasteiger partial charge in [0.15, 0.2) is 5.58 Å². The van der Waals surface area contributed by atoms with Crippen molar-refractivity contribution in [3.63, 3.8) is 0 Å². The Labute approximate surface area is 227 Å². The van der Waals surface area contributed by atoms with Crippen LogP contribution in [0.15, 0.2) is 89.3 Å². The van der Waals surface area contributed by atoms with Crippen molar-refractivity contribution < 1.29 is 14.3 Å². The molecule has 0 aliphatic rings. The van der Waals surface area contributed by atoms with Gasteiger partial charge in [0.25, 0.3) is 0 Å². The lowest BCUT2D eigenvalue weighted by molar-refractivity contribution is -0.131. The Morgan fingerprint density at radius 2 is 1.46 bits per heavy atom. The SMILES string of the molecule is CCC[C@H](C(O)c1nc2ccccc2o1)C(CSCc1ccccc1)(CSCc1ccccc1)C(N)=O. The van der Waals surface area contributed by atoms with E-state index in [1.54, 1.807) is 23.5 Å². The second-order valence-electron chi connectivity index (χ2n) is 9.34. The first-order valence-corrected chi connectivity index (χ1v) is 14.9. The Hall–Kier alpha value is -2.74. The minimum atomic E-state index is -1.05. The first-order valence-electron chi connectivity index (χ1n) is 12.6. The van der Waals surface area contributed by atoms with E-state index in [2.05, 4.69) is 36.2 Å². The molecule has 194 valence electrons. The summed E-state index contributed by atoms with van der Waals surface area (Å²) in [4.78, 5) is 17.9. The average molecular weight is 535 g/mol. The number of aromatic nitrogens is 1. The van der Waals surface area contributed by atoms with Crippen LogP contribution in [0.4, 0.5) is 0 Å². The van der Waals surface area contributed by atoms with E-state index in [4.69, 9.17) is 10.2 Å². The highest BCUT2D eigenvalue weighted by atomic mass is 32.2. The number of oxazole rings is 1. The monoisotopic (exact) mass is 534 g/mol. The number of nitrogens with zero attached hydrogens (tertiary/aromatic N) is 1. The van der Waals surface area contributed by atoms with Crippen molar-refractivity contribution in [1.82, 2.24) is 4.98 Å². The lowest BCUT2D eigenvalue weighted by atomic mass is 9.72. The van der Waals surface area contributed by atoms with Gasteiger partial charge < -0.3 is 15.3 Å². The lowest BCUT2D eigenvalue weighted by Gasteiger charge is -2.39. The molecule has 37 heavy (non-hydrogen) atoms. The maximum Gasteiger partial charge on any atom is 0.225 e. The van der Waals surface area contributed by atoms with E-state index in [1.165, 1.54) is 11.1 Å². The second-order valence-corrected chi connectivity index (χ2v) is 11.3. The molecule has 0 aliphatic carbocycles.